The van der Waals surface area contributed by atoms with Crippen molar-refractivity contribution in [3.63, 3.8) is 0 Å². The van der Waals surface area contributed by atoms with Crippen molar-refractivity contribution in [3.05, 3.63) is 77.2 Å². The molecule has 0 nitrogen and oxygen atoms in total. The standard InChI is InChI=1S/C15H9F2/c16-14-7-3-6-13(15(14)17)12-8-10-4-1-2-5-11(10)9-12/h1-9H. The number of fused-ring (bicyclic) bond motifs is 1. The Labute approximate surface area is 98.2 Å². The van der Waals surface area contributed by atoms with Gasteiger partial charge in [0.2, 0.25) is 0 Å². The summed E-state index contributed by atoms with van der Waals surface area (Å²) in [6, 6.07) is 12.0. The molecule has 0 saturated heterocycles. The van der Waals surface area contributed by atoms with Crippen molar-refractivity contribution in [2.45, 2.75) is 0 Å². The molecule has 17 heavy (non-hydrogen) atoms. The highest BCUT2D eigenvalue weighted by atomic mass is 19.2. The fourth-order valence-electron chi connectivity index (χ4n) is 2.03. The monoisotopic (exact) mass is 227 g/mol. The first-order chi connectivity index (χ1) is 8.25. The summed E-state index contributed by atoms with van der Waals surface area (Å²) < 4.78 is 26.8. The van der Waals surface area contributed by atoms with E-state index in [4.69, 9.17) is 0 Å². The number of halogens is 2. The molecule has 0 heterocycles. The van der Waals surface area contributed by atoms with Gasteiger partial charge in [-0.1, -0.05) is 42.5 Å². The van der Waals surface area contributed by atoms with Gasteiger partial charge in [0.05, 0.1) is 0 Å². The summed E-state index contributed by atoms with van der Waals surface area (Å²) in [5, 5.41) is 0. The summed E-state index contributed by atoms with van der Waals surface area (Å²) in [4.78, 5) is 0. The van der Waals surface area contributed by atoms with Crippen molar-refractivity contribution < 1.29 is 8.78 Å². The van der Waals surface area contributed by atoms with Crippen molar-refractivity contribution in [2.75, 3.05) is 0 Å². The maximum Gasteiger partial charge on any atom is 0.166 e. The van der Waals surface area contributed by atoms with E-state index in [0.29, 0.717) is 11.1 Å². The zero-order valence-corrected chi connectivity index (χ0v) is 8.95. The quantitative estimate of drug-likeness (QED) is 0.688. The van der Waals surface area contributed by atoms with Gasteiger partial charge >= 0.3 is 0 Å². The van der Waals surface area contributed by atoms with E-state index in [1.54, 1.807) is 6.07 Å². The van der Waals surface area contributed by atoms with Crippen LogP contribution < -0.4 is 0 Å². The molecule has 0 aliphatic heterocycles. The van der Waals surface area contributed by atoms with Gasteiger partial charge in [0.15, 0.2) is 11.6 Å². The van der Waals surface area contributed by atoms with Crippen LogP contribution in [-0.2, 0) is 0 Å². The van der Waals surface area contributed by atoms with Gasteiger partial charge in [-0.3, -0.25) is 0 Å². The fourth-order valence-corrected chi connectivity index (χ4v) is 2.03. The highest BCUT2D eigenvalue weighted by Gasteiger charge is 2.18. The van der Waals surface area contributed by atoms with Gasteiger partial charge < -0.3 is 0 Å². The van der Waals surface area contributed by atoms with Crippen LogP contribution in [-0.4, -0.2) is 0 Å². The Morgan fingerprint density at radius 3 is 2.29 bits per heavy atom. The summed E-state index contributed by atoms with van der Waals surface area (Å²) in [6.07, 6.45) is 3.74. The van der Waals surface area contributed by atoms with E-state index in [-0.39, 0.29) is 0 Å². The topological polar surface area (TPSA) is 0 Å². The third kappa shape index (κ3) is 1.66. The van der Waals surface area contributed by atoms with Crippen LogP contribution in [0.5, 0.6) is 0 Å². The lowest BCUT2D eigenvalue weighted by molar-refractivity contribution is 0.506. The van der Waals surface area contributed by atoms with Crippen LogP contribution in [0.1, 0.15) is 16.7 Å². The number of hydrogen-bond donors (Lipinski definition) is 0. The van der Waals surface area contributed by atoms with E-state index < -0.39 is 11.6 Å². The molecule has 0 spiro atoms. The molecule has 2 aromatic carbocycles. The molecule has 83 valence electrons. The lowest BCUT2D eigenvalue weighted by Gasteiger charge is -2.04. The molecule has 0 atom stereocenters. The van der Waals surface area contributed by atoms with Crippen LogP contribution in [0, 0.1) is 18.1 Å². The Hall–Kier alpha value is -1.96. The highest BCUT2D eigenvalue weighted by Crippen LogP contribution is 2.34. The van der Waals surface area contributed by atoms with Crippen LogP contribution in [0.2, 0.25) is 0 Å². The minimum atomic E-state index is -0.812. The van der Waals surface area contributed by atoms with Crippen LogP contribution in [0.25, 0.3) is 11.6 Å². The molecular formula is C15H9F2. The molecule has 0 fully saturated rings. The number of rotatable bonds is 1. The normalized spacial score (nSPS) is 13.4. The Morgan fingerprint density at radius 1 is 0.765 bits per heavy atom. The van der Waals surface area contributed by atoms with Gasteiger partial charge in [-0.2, -0.15) is 0 Å². The van der Waals surface area contributed by atoms with E-state index in [0.717, 1.165) is 17.2 Å². The predicted octanol–water partition coefficient (Wildman–Crippen LogP) is 4.07. The third-order valence-electron chi connectivity index (χ3n) is 2.88. The molecule has 1 aliphatic rings. The molecule has 0 saturated carbocycles. The van der Waals surface area contributed by atoms with E-state index in [1.807, 2.05) is 36.8 Å². The Balaban J connectivity index is 2.07. The van der Waals surface area contributed by atoms with Crippen molar-refractivity contribution >= 4 is 11.6 Å². The van der Waals surface area contributed by atoms with Crippen molar-refractivity contribution in [1.29, 1.82) is 0 Å². The maximum absolute atomic E-state index is 13.6. The van der Waals surface area contributed by atoms with Gasteiger partial charge in [0, 0.05) is 12.0 Å². The summed E-state index contributed by atoms with van der Waals surface area (Å²) in [7, 11) is 0. The van der Waals surface area contributed by atoms with Crippen molar-refractivity contribution in [2.24, 2.45) is 0 Å². The van der Waals surface area contributed by atoms with E-state index >= 15 is 0 Å². The van der Waals surface area contributed by atoms with Crippen LogP contribution >= 0.6 is 0 Å². The summed E-state index contributed by atoms with van der Waals surface area (Å²) in [6.45, 7) is 0. The van der Waals surface area contributed by atoms with Crippen molar-refractivity contribution in [1.82, 2.24) is 0 Å². The molecule has 0 unspecified atom stereocenters. The van der Waals surface area contributed by atoms with E-state index in [2.05, 4.69) is 0 Å². The van der Waals surface area contributed by atoms with Crippen LogP contribution in [0.4, 0.5) is 8.78 Å². The SMILES string of the molecule is Fc1cccc(C2=Cc3ccccc3[CH]2)c1F. The van der Waals surface area contributed by atoms with Gasteiger partial charge in [-0.25, -0.2) is 8.78 Å². The zero-order valence-electron chi connectivity index (χ0n) is 8.95. The first kappa shape index (κ1) is 10.2. The molecule has 3 rings (SSSR count). The minimum absolute atomic E-state index is 0.307. The average molecular weight is 227 g/mol. The number of allylic oxidation sites excluding steroid dienone is 1. The summed E-state index contributed by atoms with van der Waals surface area (Å²) in [5.74, 6) is -1.60. The highest BCUT2D eigenvalue weighted by molar-refractivity contribution is 5.94. The second-order valence-corrected chi connectivity index (χ2v) is 3.97. The van der Waals surface area contributed by atoms with Gasteiger partial charge in [-0.15, -0.1) is 0 Å². The molecule has 0 N–H and O–H groups in total. The van der Waals surface area contributed by atoms with Gasteiger partial charge in [0.1, 0.15) is 0 Å². The van der Waals surface area contributed by atoms with E-state index in [9.17, 15) is 8.78 Å². The second-order valence-electron chi connectivity index (χ2n) is 3.97. The third-order valence-corrected chi connectivity index (χ3v) is 2.88. The fraction of sp³-hybridized carbons (Fsp3) is 0. The first-order valence-electron chi connectivity index (χ1n) is 5.35. The minimum Gasteiger partial charge on any atom is -0.204 e. The molecule has 0 bridgehead atoms. The van der Waals surface area contributed by atoms with Gasteiger partial charge in [0.25, 0.3) is 0 Å². The number of benzene rings is 2. The average Bonchev–Trinajstić information content (AvgIpc) is 2.76. The second kappa shape index (κ2) is 3.81. The van der Waals surface area contributed by atoms with Gasteiger partial charge in [-0.05, 0) is 22.8 Å². The number of hydrogen-bond acceptors (Lipinski definition) is 0. The van der Waals surface area contributed by atoms with Crippen molar-refractivity contribution in [3.8, 4) is 0 Å². The smallest absolute Gasteiger partial charge is 0.166 e. The molecule has 0 aromatic heterocycles. The predicted molar refractivity (Wildman–Crippen MR) is 64.1 cm³/mol. The maximum atomic E-state index is 13.6. The lowest BCUT2D eigenvalue weighted by atomic mass is 10.0. The molecule has 2 heteroatoms. The Bertz CT molecular complexity index is 612. The van der Waals surface area contributed by atoms with Crippen LogP contribution in [0.3, 0.4) is 0 Å². The van der Waals surface area contributed by atoms with Crippen LogP contribution in [0.15, 0.2) is 42.5 Å². The molecule has 2 aromatic rings. The molecule has 1 aliphatic carbocycles. The Morgan fingerprint density at radius 2 is 1.53 bits per heavy atom. The zero-order chi connectivity index (χ0) is 11.8. The molecule has 0 amide bonds. The molecular weight excluding hydrogens is 218 g/mol. The van der Waals surface area contributed by atoms with E-state index in [1.165, 1.54) is 6.07 Å². The first-order valence-corrected chi connectivity index (χ1v) is 5.35. The lowest BCUT2D eigenvalue weighted by Crippen LogP contribution is -1.92. The Kier molecular flexibility index (Phi) is 2.29. The largest absolute Gasteiger partial charge is 0.204 e. The molecule has 1 radical (unpaired) electrons. The summed E-state index contributed by atoms with van der Waals surface area (Å²) >= 11 is 0. The summed E-state index contributed by atoms with van der Waals surface area (Å²) in [5.41, 5.74) is 3.08.